The van der Waals surface area contributed by atoms with Gasteiger partial charge in [0.25, 0.3) is 11.8 Å². The molecule has 0 spiro atoms. The van der Waals surface area contributed by atoms with Crippen LogP contribution in [-0.2, 0) is 0 Å². The van der Waals surface area contributed by atoms with Crippen LogP contribution in [0.2, 0.25) is 0 Å². The molecule has 0 saturated carbocycles. The number of aromatic nitrogens is 1. The van der Waals surface area contributed by atoms with Crippen molar-refractivity contribution >= 4 is 11.8 Å². The number of nitrogens with zero attached hydrogens (tertiary/aromatic N) is 1. The first-order valence-electron chi connectivity index (χ1n) is 6.89. The Morgan fingerprint density at radius 2 is 1.59 bits per heavy atom. The number of pyridine rings is 1. The van der Waals surface area contributed by atoms with Gasteiger partial charge < -0.3 is 10.6 Å². The molecule has 0 fully saturated rings. The van der Waals surface area contributed by atoms with E-state index in [-0.39, 0.29) is 11.5 Å². The van der Waals surface area contributed by atoms with E-state index in [1.807, 2.05) is 0 Å². The van der Waals surface area contributed by atoms with Crippen LogP contribution in [0, 0.1) is 5.82 Å². The third-order valence-corrected chi connectivity index (χ3v) is 2.99. The predicted molar refractivity (Wildman–Crippen MR) is 79.9 cm³/mol. The van der Waals surface area contributed by atoms with E-state index >= 15 is 0 Å². The summed E-state index contributed by atoms with van der Waals surface area (Å²) in [6.07, 6.45) is 3.64. The molecule has 0 radical (unpaired) electrons. The van der Waals surface area contributed by atoms with E-state index in [0.717, 1.165) is 0 Å². The zero-order chi connectivity index (χ0) is 15.8. The summed E-state index contributed by atoms with van der Waals surface area (Å²) in [5.41, 5.74) is 0.550. The molecule has 0 aliphatic carbocycles. The lowest BCUT2D eigenvalue weighted by Crippen LogP contribution is -2.30. The number of rotatable bonds is 6. The van der Waals surface area contributed by atoms with Crippen molar-refractivity contribution in [2.75, 3.05) is 13.1 Å². The van der Waals surface area contributed by atoms with Gasteiger partial charge in [-0.05, 0) is 30.7 Å². The Balaban J connectivity index is 1.69. The van der Waals surface area contributed by atoms with Crippen molar-refractivity contribution in [2.24, 2.45) is 0 Å². The molecule has 2 rings (SSSR count). The van der Waals surface area contributed by atoms with Crippen LogP contribution in [-0.4, -0.2) is 29.9 Å². The van der Waals surface area contributed by atoms with Gasteiger partial charge in [-0.25, -0.2) is 4.39 Å². The van der Waals surface area contributed by atoms with Crippen molar-refractivity contribution in [3.05, 3.63) is 65.7 Å². The molecule has 22 heavy (non-hydrogen) atoms. The minimum Gasteiger partial charge on any atom is -0.352 e. The van der Waals surface area contributed by atoms with Crippen LogP contribution in [0.5, 0.6) is 0 Å². The lowest BCUT2D eigenvalue weighted by atomic mass is 10.2. The summed E-state index contributed by atoms with van der Waals surface area (Å²) in [6.45, 7) is 0.766. The van der Waals surface area contributed by atoms with Gasteiger partial charge in [-0.3, -0.25) is 14.6 Å². The van der Waals surface area contributed by atoms with Crippen LogP contribution < -0.4 is 10.6 Å². The molecule has 1 aromatic heterocycles. The molecular weight excluding hydrogens is 285 g/mol. The summed E-state index contributed by atoms with van der Waals surface area (Å²) in [6, 6.07) is 9.04. The highest BCUT2D eigenvalue weighted by Gasteiger charge is 2.09. The van der Waals surface area contributed by atoms with Crippen molar-refractivity contribution < 1.29 is 14.0 Å². The fourth-order valence-corrected chi connectivity index (χ4v) is 1.84. The molecule has 6 heteroatoms. The van der Waals surface area contributed by atoms with Crippen LogP contribution in [0.15, 0.2) is 48.8 Å². The fourth-order valence-electron chi connectivity index (χ4n) is 1.84. The average molecular weight is 301 g/mol. The maximum absolute atomic E-state index is 13.4. The van der Waals surface area contributed by atoms with E-state index in [1.54, 1.807) is 30.6 Å². The Morgan fingerprint density at radius 3 is 2.27 bits per heavy atom. The number of nitrogens with one attached hydrogen (secondary N) is 2. The zero-order valence-electron chi connectivity index (χ0n) is 11.9. The third-order valence-electron chi connectivity index (χ3n) is 2.99. The van der Waals surface area contributed by atoms with Gasteiger partial charge in [0.05, 0.1) is 5.56 Å². The van der Waals surface area contributed by atoms with E-state index < -0.39 is 11.7 Å². The molecule has 2 N–H and O–H groups in total. The van der Waals surface area contributed by atoms with Crippen molar-refractivity contribution in [3.63, 3.8) is 0 Å². The monoisotopic (exact) mass is 301 g/mol. The summed E-state index contributed by atoms with van der Waals surface area (Å²) in [5.74, 6) is -1.20. The molecule has 2 amide bonds. The zero-order valence-corrected chi connectivity index (χ0v) is 11.9. The second-order valence-electron chi connectivity index (χ2n) is 4.58. The Kier molecular flexibility index (Phi) is 5.59. The molecule has 114 valence electrons. The highest BCUT2D eigenvalue weighted by atomic mass is 19.1. The van der Waals surface area contributed by atoms with Gasteiger partial charge in [-0.1, -0.05) is 12.1 Å². The molecule has 0 unspecified atom stereocenters. The SMILES string of the molecule is O=C(NCCCNC(=O)c1ccccc1F)c1ccncc1. The van der Waals surface area contributed by atoms with Crippen LogP contribution in [0.3, 0.4) is 0 Å². The normalized spacial score (nSPS) is 10.0. The van der Waals surface area contributed by atoms with Crippen LogP contribution in [0.4, 0.5) is 4.39 Å². The summed E-state index contributed by atoms with van der Waals surface area (Å²) < 4.78 is 13.4. The minimum absolute atomic E-state index is 0.0170. The number of carbonyl (C=O) groups is 2. The fraction of sp³-hybridized carbons (Fsp3) is 0.188. The Labute approximate surface area is 127 Å². The van der Waals surface area contributed by atoms with E-state index in [1.165, 1.54) is 18.2 Å². The largest absolute Gasteiger partial charge is 0.352 e. The molecular formula is C16H16FN3O2. The maximum atomic E-state index is 13.4. The van der Waals surface area contributed by atoms with Crippen molar-refractivity contribution in [3.8, 4) is 0 Å². The van der Waals surface area contributed by atoms with Crippen LogP contribution in [0.1, 0.15) is 27.1 Å². The summed E-state index contributed by atoms with van der Waals surface area (Å²) in [5, 5.41) is 5.34. The molecule has 0 saturated heterocycles. The molecule has 2 aromatic rings. The quantitative estimate of drug-likeness (QED) is 0.799. The highest BCUT2D eigenvalue weighted by molar-refractivity contribution is 5.94. The molecule has 1 heterocycles. The van der Waals surface area contributed by atoms with Crippen molar-refractivity contribution in [2.45, 2.75) is 6.42 Å². The van der Waals surface area contributed by atoms with E-state index in [4.69, 9.17) is 0 Å². The molecule has 0 atom stereocenters. The van der Waals surface area contributed by atoms with Gasteiger partial charge in [0, 0.05) is 31.0 Å². The van der Waals surface area contributed by atoms with Gasteiger partial charge in [0.1, 0.15) is 5.82 Å². The third kappa shape index (κ3) is 4.37. The van der Waals surface area contributed by atoms with Crippen LogP contribution >= 0.6 is 0 Å². The summed E-state index contributed by atoms with van der Waals surface area (Å²) in [7, 11) is 0. The van der Waals surface area contributed by atoms with Gasteiger partial charge in [0.15, 0.2) is 0 Å². The topological polar surface area (TPSA) is 71.1 Å². The number of benzene rings is 1. The van der Waals surface area contributed by atoms with E-state index in [0.29, 0.717) is 25.1 Å². The Morgan fingerprint density at radius 1 is 0.955 bits per heavy atom. The van der Waals surface area contributed by atoms with Gasteiger partial charge in [-0.15, -0.1) is 0 Å². The first kappa shape index (κ1) is 15.6. The Hall–Kier alpha value is -2.76. The standard InChI is InChI=1S/C16H16FN3O2/c17-14-5-2-1-4-13(14)16(22)20-9-3-8-19-15(21)12-6-10-18-11-7-12/h1-2,4-7,10-11H,3,8-9H2,(H,19,21)(H,20,22). The van der Waals surface area contributed by atoms with Gasteiger partial charge >= 0.3 is 0 Å². The van der Waals surface area contributed by atoms with E-state index in [2.05, 4.69) is 15.6 Å². The lowest BCUT2D eigenvalue weighted by molar-refractivity contribution is 0.0949. The summed E-state index contributed by atoms with van der Waals surface area (Å²) >= 11 is 0. The number of carbonyl (C=O) groups excluding carboxylic acids is 2. The van der Waals surface area contributed by atoms with Crippen molar-refractivity contribution in [1.29, 1.82) is 0 Å². The predicted octanol–water partition coefficient (Wildman–Crippen LogP) is 1.77. The first-order valence-corrected chi connectivity index (χ1v) is 6.89. The van der Waals surface area contributed by atoms with E-state index in [9.17, 15) is 14.0 Å². The van der Waals surface area contributed by atoms with Gasteiger partial charge in [-0.2, -0.15) is 0 Å². The number of halogens is 1. The van der Waals surface area contributed by atoms with Gasteiger partial charge in [0.2, 0.25) is 0 Å². The molecule has 0 aliphatic rings. The van der Waals surface area contributed by atoms with Crippen LogP contribution in [0.25, 0.3) is 0 Å². The average Bonchev–Trinajstić information content (AvgIpc) is 2.55. The van der Waals surface area contributed by atoms with Crippen molar-refractivity contribution in [1.82, 2.24) is 15.6 Å². The maximum Gasteiger partial charge on any atom is 0.254 e. The second-order valence-corrected chi connectivity index (χ2v) is 4.58. The first-order chi connectivity index (χ1) is 10.7. The second kappa shape index (κ2) is 7.87. The number of hydrogen-bond acceptors (Lipinski definition) is 3. The molecule has 5 nitrogen and oxygen atoms in total. The highest BCUT2D eigenvalue weighted by Crippen LogP contribution is 2.05. The number of hydrogen-bond donors (Lipinski definition) is 2. The Bertz CT molecular complexity index is 647. The minimum atomic E-state index is -0.550. The number of amides is 2. The lowest BCUT2D eigenvalue weighted by Gasteiger charge is -2.07. The molecule has 0 bridgehead atoms. The smallest absolute Gasteiger partial charge is 0.254 e. The molecule has 0 aliphatic heterocycles. The molecule has 1 aromatic carbocycles. The summed E-state index contributed by atoms with van der Waals surface area (Å²) in [4.78, 5) is 27.3.